The Bertz CT molecular complexity index is 359. The minimum atomic E-state index is -0.647. The highest BCUT2D eigenvalue weighted by Crippen LogP contribution is 2.67. The van der Waals surface area contributed by atoms with E-state index in [1.165, 1.54) is 11.1 Å². The van der Waals surface area contributed by atoms with Crippen molar-refractivity contribution in [2.24, 2.45) is 17.3 Å². The third-order valence-electron chi connectivity index (χ3n) is 4.13. The molecule has 0 aromatic carbocycles. The van der Waals surface area contributed by atoms with Gasteiger partial charge in [-0.3, -0.25) is 4.79 Å². The smallest absolute Gasteiger partial charge is 0.310 e. The van der Waals surface area contributed by atoms with E-state index >= 15 is 0 Å². The summed E-state index contributed by atoms with van der Waals surface area (Å²) in [6, 6.07) is 0. The monoisotopic (exact) mass is 206 g/mol. The SMILES string of the molecule is CCC(CC)=C1C=C[C@H]2[C@@H]1C2(C)C(=O)O. The van der Waals surface area contributed by atoms with Crippen molar-refractivity contribution >= 4 is 5.97 Å². The predicted octanol–water partition coefficient (Wildman–Crippen LogP) is 3.01. The van der Waals surface area contributed by atoms with Crippen molar-refractivity contribution in [3.63, 3.8) is 0 Å². The van der Waals surface area contributed by atoms with Gasteiger partial charge in [0.2, 0.25) is 0 Å². The van der Waals surface area contributed by atoms with Crippen LogP contribution in [0.2, 0.25) is 0 Å². The first-order valence-corrected chi connectivity index (χ1v) is 5.70. The number of carboxylic acids is 1. The number of hydrogen-bond donors (Lipinski definition) is 1. The van der Waals surface area contributed by atoms with Gasteiger partial charge in [0.05, 0.1) is 5.41 Å². The van der Waals surface area contributed by atoms with Crippen LogP contribution in [0.3, 0.4) is 0 Å². The minimum Gasteiger partial charge on any atom is -0.481 e. The number of aliphatic carboxylic acids is 1. The van der Waals surface area contributed by atoms with Crippen LogP contribution in [0.5, 0.6) is 0 Å². The van der Waals surface area contributed by atoms with E-state index in [-0.39, 0.29) is 11.8 Å². The third-order valence-corrected chi connectivity index (χ3v) is 4.13. The van der Waals surface area contributed by atoms with E-state index in [2.05, 4.69) is 26.0 Å². The Kier molecular flexibility index (Phi) is 2.25. The molecule has 1 unspecified atom stereocenters. The van der Waals surface area contributed by atoms with E-state index in [9.17, 15) is 9.90 Å². The molecule has 0 amide bonds. The molecule has 1 saturated carbocycles. The molecular formula is C13H18O2. The van der Waals surface area contributed by atoms with Gasteiger partial charge in [-0.1, -0.05) is 31.6 Å². The molecule has 0 spiro atoms. The molecule has 82 valence electrons. The number of carbonyl (C=O) groups is 1. The lowest BCUT2D eigenvalue weighted by Gasteiger charge is -2.11. The highest BCUT2D eigenvalue weighted by atomic mass is 16.4. The van der Waals surface area contributed by atoms with Crippen LogP contribution < -0.4 is 0 Å². The topological polar surface area (TPSA) is 37.3 Å². The summed E-state index contributed by atoms with van der Waals surface area (Å²) in [5.74, 6) is -0.145. The molecule has 0 aromatic rings. The quantitative estimate of drug-likeness (QED) is 0.770. The van der Waals surface area contributed by atoms with Crippen molar-refractivity contribution in [2.45, 2.75) is 33.6 Å². The van der Waals surface area contributed by atoms with Crippen LogP contribution in [0.15, 0.2) is 23.3 Å². The number of rotatable bonds is 3. The van der Waals surface area contributed by atoms with Crippen LogP contribution in [-0.2, 0) is 4.79 Å². The van der Waals surface area contributed by atoms with Gasteiger partial charge in [-0.15, -0.1) is 0 Å². The van der Waals surface area contributed by atoms with E-state index in [4.69, 9.17) is 0 Å². The Morgan fingerprint density at radius 3 is 2.47 bits per heavy atom. The maximum absolute atomic E-state index is 11.2. The van der Waals surface area contributed by atoms with E-state index in [0.29, 0.717) is 0 Å². The Balaban J connectivity index is 2.33. The van der Waals surface area contributed by atoms with Crippen LogP contribution in [0.4, 0.5) is 0 Å². The van der Waals surface area contributed by atoms with Crippen LogP contribution in [0, 0.1) is 17.3 Å². The molecule has 2 heteroatoms. The lowest BCUT2D eigenvalue weighted by Crippen LogP contribution is -2.16. The van der Waals surface area contributed by atoms with Crippen LogP contribution in [0.25, 0.3) is 0 Å². The second-order valence-electron chi connectivity index (χ2n) is 4.72. The Hall–Kier alpha value is -1.05. The van der Waals surface area contributed by atoms with Crippen molar-refractivity contribution in [1.82, 2.24) is 0 Å². The summed E-state index contributed by atoms with van der Waals surface area (Å²) < 4.78 is 0. The summed E-state index contributed by atoms with van der Waals surface area (Å²) in [5, 5.41) is 9.21. The summed E-state index contributed by atoms with van der Waals surface area (Å²) in [4.78, 5) is 11.2. The predicted molar refractivity (Wildman–Crippen MR) is 59.5 cm³/mol. The van der Waals surface area contributed by atoms with Gasteiger partial charge in [0, 0.05) is 11.8 Å². The summed E-state index contributed by atoms with van der Waals surface area (Å²) in [6.07, 6.45) is 6.30. The fourth-order valence-electron chi connectivity index (χ4n) is 2.96. The summed E-state index contributed by atoms with van der Waals surface area (Å²) in [5.41, 5.74) is 2.21. The summed E-state index contributed by atoms with van der Waals surface area (Å²) in [7, 11) is 0. The highest BCUT2D eigenvalue weighted by Gasteiger charge is 2.68. The average Bonchev–Trinajstić information content (AvgIpc) is 2.60. The summed E-state index contributed by atoms with van der Waals surface area (Å²) in [6.45, 7) is 6.16. The zero-order chi connectivity index (χ0) is 11.2. The van der Waals surface area contributed by atoms with Gasteiger partial charge in [0.15, 0.2) is 0 Å². The standard InChI is InChI=1S/C13H18O2/c1-4-8(5-2)9-6-7-10-11(9)13(10,3)12(14)15/h6-7,10-11H,4-5H2,1-3H3,(H,14,15)/t10-,11+,13?/m0/s1. The molecule has 2 aliphatic rings. The lowest BCUT2D eigenvalue weighted by atomic mass is 9.94. The molecule has 0 radical (unpaired) electrons. The largest absolute Gasteiger partial charge is 0.481 e. The zero-order valence-electron chi connectivity index (χ0n) is 9.58. The van der Waals surface area contributed by atoms with Gasteiger partial charge in [0.25, 0.3) is 0 Å². The molecule has 0 bridgehead atoms. The van der Waals surface area contributed by atoms with Gasteiger partial charge in [0.1, 0.15) is 0 Å². The van der Waals surface area contributed by atoms with Crippen molar-refractivity contribution in [3.05, 3.63) is 23.3 Å². The lowest BCUT2D eigenvalue weighted by molar-refractivity contribution is -0.143. The van der Waals surface area contributed by atoms with Gasteiger partial charge in [-0.2, -0.15) is 0 Å². The molecule has 0 aromatic heterocycles. The van der Waals surface area contributed by atoms with Gasteiger partial charge < -0.3 is 5.11 Å². The Labute approximate surface area is 90.7 Å². The molecule has 2 aliphatic carbocycles. The Morgan fingerprint density at radius 1 is 1.47 bits per heavy atom. The van der Waals surface area contributed by atoms with E-state index in [0.717, 1.165) is 12.8 Å². The second kappa shape index (κ2) is 3.22. The second-order valence-corrected chi connectivity index (χ2v) is 4.72. The van der Waals surface area contributed by atoms with Gasteiger partial charge in [-0.05, 0) is 25.3 Å². The summed E-state index contributed by atoms with van der Waals surface area (Å²) >= 11 is 0. The molecular weight excluding hydrogens is 188 g/mol. The fourth-order valence-corrected chi connectivity index (χ4v) is 2.96. The van der Waals surface area contributed by atoms with Crippen molar-refractivity contribution < 1.29 is 9.90 Å². The molecule has 0 aliphatic heterocycles. The van der Waals surface area contributed by atoms with Gasteiger partial charge in [-0.25, -0.2) is 0 Å². The van der Waals surface area contributed by atoms with Crippen molar-refractivity contribution in [2.75, 3.05) is 0 Å². The molecule has 0 saturated heterocycles. The number of allylic oxidation sites excluding steroid dienone is 4. The van der Waals surface area contributed by atoms with Gasteiger partial charge >= 0.3 is 5.97 Å². The van der Waals surface area contributed by atoms with E-state index in [1.807, 2.05) is 6.92 Å². The molecule has 2 rings (SSSR count). The first-order chi connectivity index (χ1) is 7.07. The molecule has 1 N–H and O–H groups in total. The maximum Gasteiger partial charge on any atom is 0.310 e. The molecule has 2 nitrogen and oxygen atoms in total. The van der Waals surface area contributed by atoms with E-state index < -0.39 is 11.4 Å². The normalized spacial score (nSPS) is 36.6. The van der Waals surface area contributed by atoms with E-state index in [1.54, 1.807) is 0 Å². The first kappa shape index (κ1) is 10.5. The molecule has 0 heterocycles. The number of fused-ring (bicyclic) bond motifs is 1. The zero-order valence-corrected chi connectivity index (χ0v) is 9.58. The van der Waals surface area contributed by atoms with Crippen LogP contribution >= 0.6 is 0 Å². The number of hydrogen-bond acceptors (Lipinski definition) is 1. The first-order valence-electron chi connectivity index (χ1n) is 5.70. The molecule has 15 heavy (non-hydrogen) atoms. The third kappa shape index (κ3) is 1.20. The number of carboxylic acid groups (broad SMARTS) is 1. The average molecular weight is 206 g/mol. The van der Waals surface area contributed by atoms with Crippen LogP contribution in [-0.4, -0.2) is 11.1 Å². The van der Waals surface area contributed by atoms with Crippen molar-refractivity contribution in [3.8, 4) is 0 Å². The highest BCUT2D eigenvalue weighted by molar-refractivity contribution is 5.82. The molecule has 3 atom stereocenters. The van der Waals surface area contributed by atoms with Crippen LogP contribution in [0.1, 0.15) is 33.6 Å². The van der Waals surface area contributed by atoms with Crippen molar-refractivity contribution in [1.29, 1.82) is 0 Å². The maximum atomic E-state index is 11.2. The minimum absolute atomic E-state index is 0.248. The Morgan fingerprint density at radius 2 is 2.07 bits per heavy atom. The molecule has 1 fully saturated rings. The fraction of sp³-hybridized carbons (Fsp3) is 0.615.